The predicted molar refractivity (Wildman–Crippen MR) is 68.7 cm³/mol. The van der Waals surface area contributed by atoms with Crippen LogP contribution in [0, 0.1) is 5.82 Å². The number of hydrogen-bond donors (Lipinski definition) is 1. The third-order valence-corrected chi connectivity index (χ3v) is 2.31. The predicted octanol–water partition coefficient (Wildman–Crippen LogP) is 3.28. The summed E-state index contributed by atoms with van der Waals surface area (Å²) >= 11 is 0. The van der Waals surface area contributed by atoms with Crippen molar-refractivity contribution in [2.24, 2.45) is 0 Å². The second-order valence-electron chi connectivity index (χ2n) is 4.14. The van der Waals surface area contributed by atoms with Crippen LogP contribution in [0.3, 0.4) is 0 Å². The molecule has 0 saturated carbocycles. The monoisotopic (exact) mass is 237 g/mol. The lowest BCUT2D eigenvalue weighted by Crippen LogP contribution is -2.22. The number of rotatable bonds is 6. The molecule has 0 aromatic heterocycles. The van der Waals surface area contributed by atoms with E-state index in [9.17, 15) is 4.39 Å². The highest BCUT2D eigenvalue weighted by molar-refractivity contribution is 5.35. The average Bonchev–Trinajstić information content (AvgIpc) is 2.29. The van der Waals surface area contributed by atoms with E-state index in [-0.39, 0.29) is 5.82 Å². The summed E-state index contributed by atoms with van der Waals surface area (Å²) in [6, 6.07) is 5.37. The van der Waals surface area contributed by atoms with Crippen LogP contribution in [-0.4, -0.2) is 12.6 Å². The third-order valence-electron chi connectivity index (χ3n) is 2.31. The van der Waals surface area contributed by atoms with E-state index in [2.05, 4.69) is 19.2 Å². The summed E-state index contributed by atoms with van der Waals surface area (Å²) in [6.45, 7) is 7.03. The molecule has 0 amide bonds. The Hall–Kier alpha value is -1.35. The van der Waals surface area contributed by atoms with E-state index in [0.717, 1.165) is 5.56 Å². The van der Waals surface area contributed by atoms with E-state index in [0.29, 0.717) is 24.9 Å². The standard InChI is InChI=1S/C14H20FNO/c1-4-5-9-17-14-12(10-16-11(2)3)7-6-8-13(14)15/h4-8,11,16H,9-10H2,1-3H3/b5-4+. The van der Waals surface area contributed by atoms with Gasteiger partial charge in [-0.1, -0.05) is 38.1 Å². The van der Waals surface area contributed by atoms with Gasteiger partial charge in [-0.3, -0.25) is 0 Å². The normalized spacial score (nSPS) is 11.4. The summed E-state index contributed by atoms with van der Waals surface area (Å²) < 4.78 is 19.1. The lowest BCUT2D eigenvalue weighted by Gasteiger charge is -2.13. The van der Waals surface area contributed by atoms with Gasteiger partial charge in [0.1, 0.15) is 6.61 Å². The summed E-state index contributed by atoms with van der Waals surface area (Å²) in [6.07, 6.45) is 3.74. The summed E-state index contributed by atoms with van der Waals surface area (Å²) in [4.78, 5) is 0. The first-order valence-electron chi connectivity index (χ1n) is 5.90. The van der Waals surface area contributed by atoms with E-state index in [4.69, 9.17) is 4.74 Å². The molecule has 0 aliphatic rings. The fourth-order valence-electron chi connectivity index (χ4n) is 1.40. The topological polar surface area (TPSA) is 21.3 Å². The van der Waals surface area contributed by atoms with Gasteiger partial charge in [-0.15, -0.1) is 0 Å². The number of nitrogens with one attached hydrogen (secondary N) is 1. The molecule has 0 heterocycles. The highest BCUT2D eigenvalue weighted by atomic mass is 19.1. The summed E-state index contributed by atoms with van der Waals surface area (Å²) in [7, 11) is 0. The van der Waals surface area contributed by atoms with Gasteiger partial charge < -0.3 is 10.1 Å². The fourth-order valence-corrected chi connectivity index (χ4v) is 1.40. The van der Waals surface area contributed by atoms with Crippen LogP contribution in [-0.2, 0) is 6.54 Å². The molecule has 2 nitrogen and oxygen atoms in total. The lowest BCUT2D eigenvalue weighted by atomic mass is 10.2. The Balaban J connectivity index is 2.76. The van der Waals surface area contributed by atoms with Crippen molar-refractivity contribution in [1.82, 2.24) is 5.32 Å². The molecule has 0 aliphatic carbocycles. The molecule has 1 aromatic rings. The minimum atomic E-state index is -0.308. The van der Waals surface area contributed by atoms with Crippen LogP contribution in [0.5, 0.6) is 5.75 Å². The summed E-state index contributed by atoms with van der Waals surface area (Å²) in [5.41, 5.74) is 0.850. The van der Waals surface area contributed by atoms with Crippen molar-refractivity contribution in [3.8, 4) is 5.75 Å². The van der Waals surface area contributed by atoms with Crippen LogP contribution in [0.4, 0.5) is 4.39 Å². The molecular formula is C14H20FNO. The molecule has 0 unspecified atom stereocenters. The first-order chi connectivity index (χ1) is 8.15. The zero-order valence-electron chi connectivity index (χ0n) is 10.7. The molecule has 1 N–H and O–H groups in total. The highest BCUT2D eigenvalue weighted by Crippen LogP contribution is 2.22. The quantitative estimate of drug-likeness (QED) is 0.767. The Morgan fingerprint density at radius 2 is 2.18 bits per heavy atom. The Labute approximate surface area is 102 Å². The molecule has 94 valence electrons. The van der Waals surface area contributed by atoms with Crippen molar-refractivity contribution in [2.75, 3.05) is 6.61 Å². The zero-order chi connectivity index (χ0) is 12.7. The van der Waals surface area contributed by atoms with Gasteiger partial charge in [0.05, 0.1) is 0 Å². The molecule has 3 heteroatoms. The van der Waals surface area contributed by atoms with E-state index in [1.54, 1.807) is 6.07 Å². The van der Waals surface area contributed by atoms with Crippen LogP contribution >= 0.6 is 0 Å². The summed E-state index contributed by atoms with van der Waals surface area (Å²) in [5, 5.41) is 3.26. The van der Waals surface area contributed by atoms with Gasteiger partial charge in [0.25, 0.3) is 0 Å². The molecule has 0 atom stereocenters. The van der Waals surface area contributed by atoms with Gasteiger partial charge in [-0.25, -0.2) is 4.39 Å². The van der Waals surface area contributed by atoms with E-state index in [1.807, 2.05) is 25.1 Å². The Bertz CT molecular complexity index is 374. The maximum Gasteiger partial charge on any atom is 0.165 e. The number of allylic oxidation sites excluding steroid dienone is 1. The van der Waals surface area contributed by atoms with Gasteiger partial charge in [-0.05, 0) is 13.0 Å². The maximum absolute atomic E-state index is 13.6. The van der Waals surface area contributed by atoms with Gasteiger partial charge in [0.2, 0.25) is 0 Å². The zero-order valence-corrected chi connectivity index (χ0v) is 10.7. The molecule has 0 radical (unpaired) electrons. The van der Waals surface area contributed by atoms with Crippen molar-refractivity contribution < 1.29 is 9.13 Å². The number of ether oxygens (including phenoxy) is 1. The van der Waals surface area contributed by atoms with E-state index < -0.39 is 0 Å². The average molecular weight is 237 g/mol. The molecule has 1 aromatic carbocycles. The SMILES string of the molecule is C/C=C/COc1c(F)cccc1CNC(C)C. The van der Waals surface area contributed by atoms with Crippen molar-refractivity contribution in [3.05, 3.63) is 41.7 Å². The number of hydrogen-bond acceptors (Lipinski definition) is 2. The Kier molecular flexibility index (Phi) is 5.70. The second-order valence-corrected chi connectivity index (χ2v) is 4.14. The summed E-state index contributed by atoms with van der Waals surface area (Å²) in [5.74, 6) is 0.0382. The number of para-hydroxylation sites is 1. The van der Waals surface area contributed by atoms with Crippen LogP contribution < -0.4 is 10.1 Å². The largest absolute Gasteiger partial charge is 0.486 e. The molecule has 0 saturated heterocycles. The Morgan fingerprint density at radius 1 is 1.41 bits per heavy atom. The molecule has 0 bridgehead atoms. The smallest absolute Gasteiger partial charge is 0.165 e. The van der Waals surface area contributed by atoms with Crippen LogP contribution in [0.15, 0.2) is 30.4 Å². The van der Waals surface area contributed by atoms with Crippen LogP contribution in [0.25, 0.3) is 0 Å². The lowest BCUT2D eigenvalue weighted by molar-refractivity contribution is 0.335. The van der Waals surface area contributed by atoms with Crippen molar-refractivity contribution in [3.63, 3.8) is 0 Å². The minimum Gasteiger partial charge on any atom is -0.486 e. The molecule has 0 aliphatic heterocycles. The van der Waals surface area contributed by atoms with E-state index in [1.165, 1.54) is 6.07 Å². The van der Waals surface area contributed by atoms with Crippen LogP contribution in [0.1, 0.15) is 26.3 Å². The highest BCUT2D eigenvalue weighted by Gasteiger charge is 2.09. The minimum absolute atomic E-state index is 0.308. The molecular weight excluding hydrogens is 217 g/mol. The fraction of sp³-hybridized carbons (Fsp3) is 0.429. The first kappa shape index (κ1) is 13.7. The molecule has 0 fully saturated rings. The number of halogens is 1. The van der Waals surface area contributed by atoms with Crippen LogP contribution in [0.2, 0.25) is 0 Å². The van der Waals surface area contributed by atoms with Crippen molar-refractivity contribution in [1.29, 1.82) is 0 Å². The van der Waals surface area contributed by atoms with Gasteiger partial charge in [0.15, 0.2) is 11.6 Å². The van der Waals surface area contributed by atoms with Gasteiger partial charge in [0, 0.05) is 18.2 Å². The van der Waals surface area contributed by atoms with Gasteiger partial charge in [-0.2, -0.15) is 0 Å². The maximum atomic E-state index is 13.6. The third kappa shape index (κ3) is 4.57. The van der Waals surface area contributed by atoms with Crippen molar-refractivity contribution >= 4 is 0 Å². The molecule has 17 heavy (non-hydrogen) atoms. The Morgan fingerprint density at radius 3 is 2.82 bits per heavy atom. The molecule has 1 rings (SSSR count). The molecule has 0 spiro atoms. The second kappa shape index (κ2) is 7.07. The van der Waals surface area contributed by atoms with Gasteiger partial charge >= 0.3 is 0 Å². The van der Waals surface area contributed by atoms with E-state index >= 15 is 0 Å². The number of benzene rings is 1. The first-order valence-corrected chi connectivity index (χ1v) is 5.90. The van der Waals surface area contributed by atoms with Crippen molar-refractivity contribution in [2.45, 2.75) is 33.4 Å².